The number of nitrogens with one attached hydrogen (secondary N) is 1. The molecule has 1 atom stereocenters. The number of halogens is 4. The summed E-state index contributed by atoms with van der Waals surface area (Å²) >= 11 is 24.7. The second-order valence-electron chi connectivity index (χ2n) is 8.82. The summed E-state index contributed by atoms with van der Waals surface area (Å²) < 4.78 is 0. The molecule has 35 heavy (non-hydrogen) atoms. The molecule has 0 aromatic heterocycles. The van der Waals surface area contributed by atoms with Gasteiger partial charge in [0.2, 0.25) is 0 Å². The van der Waals surface area contributed by atoms with E-state index in [0.29, 0.717) is 43.4 Å². The molecule has 0 amide bonds. The van der Waals surface area contributed by atoms with Gasteiger partial charge >= 0.3 is 0 Å². The summed E-state index contributed by atoms with van der Waals surface area (Å²) in [6.07, 6.45) is 1.67. The number of ketones is 2. The van der Waals surface area contributed by atoms with Crippen molar-refractivity contribution in [3.05, 3.63) is 97.4 Å². The van der Waals surface area contributed by atoms with Gasteiger partial charge in [0.25, 0.3) is 0 Å². The van der Waals surface area contributed by atoms with Crippen LogP contribution < -0.4 is 5.32 Å². The summed E-state index contributed by atoms with van der Waals surface area (Å²) in [7, 11) is 0. The number of carbonyl (C=O) groups excluding carboxylic acids is 2. The lowest BCUT2D eigenvalue weighted by Crippen LogP contribution is -2.49. The summed E-state index contributed by atoms with van der Waals surface area (Å²) in [5.74, 6) is -0.220. The van der Waals surface area contributed by atoms with Gasteiger partial charge in [-0.05, 0) is 74.3 Å². The second kappa shape index (κ2) is 10.9. The quantitative estimate of drug-likeness (QED) is 0.294. The summed E-state index contributed by atoms with van der Waals surface area (Å²) in [4.78, 5) is 28.8. The van der Waals surface area contributed by atoms with Gasteiger partial charge in [-0.25, -0.2) is 0 Å². The van der Waals surface area contributed by atoms with Crippen molar-refractivity contribution in [1.29, 1.82) is 0 Å². The molecule has 0 bridgehead atoms. The molecule has 1 N–H and O–H groups in total. The van der Waals surface area contributed by atoms with Gasteiger partial charge in [0.1, 0.15) is 0 Å². The fourth-order valence-electron chi connectivity index (χ4n) is 4.46. The number of anilines is 1. The average Bonchev–Trinajstić information content (AvgIpc) is 3.21. The third kappa shape index (κ3) is 5.68. The van der Waals surface area contributed by atoms with Gasteiger partial charge in [-0.2, -0.15) is 0 Å². The number of carbonyl (C=O) groups is 2. The van der Waals surface area contributed by atoms with Crippen LogP contribution in [-0.4, -0.2) is 35.1 Å². The molecule has 0 spiro atoms. The standard InChI is InChI=1S/C27H24Cl4N2O2/c1-27(11-4-12-33(27)16-17-7-9-22(30)23(31)13-17)25(34)15-32-24-10-8-18(28)14-20(24)26(35)19-5-2-3-6-21(19)29/h2-3,5-10,13-14,32H,4,11-12,15-16H2,1H3/t27-/m1/s1. The Bertz CT molecular complexity index is 1280. The molecule has 1 aliphatic rings. The number of benzene rings is 3. The maximum atomic E-state index is 13.5. The summed E-state index contributed by atoms with van der Waals surface area (Å²) in [6, 6.07) is 17.4. The van der Waals surface area contributed by atoms with Crippen LogP contribution >= 0.6 is 46.4 Å². The highest BCUT2D eigenvalue weighted by Gasteiger charge is 2.42. The predicted octanol–water partition coefficient (Wildman–Crippen LogP) is 7.57. The molecule has 4 nitrogen and oxygen atoms in total. The minimum atomic E-state index is -0.640. The third-order valence-corrected chi connectivity index (χ3v) is 7.84. The van der Waals surface area contributed by atoms with Gasteiger partial charge < -0.3 is 5.32 Å². The minimum Gasteiger partial charge on any atom is -0.377 e. The molecule has 1 aliphatic heterocycles. The molecule has 3 aromatic carbocycles. The topological polar surface area (TPSA) is 49.4 Å². The SMILES string of the molecule is C[C@]1(C(=O)CNc2ccc(Cl)cc2C(=O)c2ccccc2Cl)CCCN1Cc1ccc(Cl)c(Cl)c1. The Morgan fingerprint density at radius 1 is 0.914 bits per heavy atom. The molecule has 8 heteroatoms. The van der Waals surface area contributed by atoms with Crippen molar-refractivity contribution in [2.24, 2.45) is 0 Å². The van der Waals surface area contributed by atoms with Gasteiger partial charge in [-0.1, -0.05) is 64.6 Å². The van der Waals surface area contributed by atoms with Gasteiger partial charge in [0, 0.05) is 28.4 Å². The van der Waals surface area contributed by atoms with E-state index in [-0.39, 0.29) is 18.1 Å². The first-order chi connectivity index (χ1) is 16.7. The Hall–Kier alpha value is -2.08. The highest BCUT2D eigenvalue weighted by Crippen LogP contribution is 2.33. The molecule has 0 radical (unpaired) electrons. The lowest BCUT2D eigenvalue weighted by molar-refractivity contribution is -0.127. The summed E-state index contributed by atoms with van der Waals surface area (Å²) in [5, 5.41) is 4.96. The van der Waals surface area contributed by atoms with Crippen LogP contribution in [0.15, 0.2) is 60.7 Å². The zero-order chi connectivity index (χ0) is 25.2. The number of nitrogens with zero attached hydrogens (tertiary/aromatic N) is 1. The monoisotopic (exact) mass is 548 g/mol. The van der Waals surface area contributed by atoms with Crippen molar-refractivity contribution in [2.75, 3.05) is 18.4 Å². The van der Waals surface area contributed by atoms with Crippen molar-refractivity contribution in [3.63, 3.8) is 0 Å². The Labute approximate surface area is 225 Å². The Balaban J connectivity index is 1.51. The van der Waals surface area contributed by atoms with Crippen LogP contribution in [0, 0.1) is 0 Å². The van der Waals surface area contributed by atoms with Crippen LogP contribution in [0.3, 0.4) is 0 Å². The molecular formula is C27H24Cl4N2O2. The first-order valence-corrected chi connectivity index (χ1v) is 12.7. The van der Waals surface area contributed by atoms with Crippen LogP contribution in [0.5, 0.6) is 0 Å². The highest BCUT2D eigenvalue weighted by atomic mass is 35.5. The predicted molar refractivity (Wildman–Crippen MR) is 144 cm³/mol. The highest BCUT2D eigenvalue weighted by molar-refractivity contribution is 6.42. The smallest absolute Gasteiger partial charge is 0.196 e. The van der Waals surface area contributed by atoms with Gasteiger partial charge in [-0.15, -0.1) is 0 Å². The molecule has 4 rings (SSSR count). The van der Waals surface area contributed by atoms with Crippen molar-refractivity contribution in [1.82, 2.24) is 4.90 Å². The van der Waals surface area contributed by atoms with Crippen LogP contribution in [0.2, 0.25) is 20.1 Å². The van der Waals surface area contributed by atoms with E-state index >= 15 is 0 Å². The normalized spacial score (nSPS) is 18.0. The van der Waals surface area contributed by atoms with Crippen LogP contribution in [-0.2, 0) is 11.3 Å². The minimum absolute atomic E-state index is 0.0427. The van der Waals surface area contributed by atoms with Gasteiger partial charge in [0.05, 0.1) is 27.2 Å². The zero-order valence-electron chi connectivity index (χ0n) is 19.1. The van der Waals surface area contributed by atoms with Crippen molar-refractivity contribution in [3.8, 4) is 0 Å². The van der Waals surface area contributed by atoms with E-state index in [1.165, 1.54) is 0 Å². The largest absolute Gasteiger partial charge is 0.377 e. The Morgan fingerprint density at radius 3 is 2.43 bits per heavy atom. The zero-order valence-corrected chi connectivity index (χ0v) is 22.1. The molecule has 182 valence electrons. The molecule has 3 aromatic rings. The Morgan fingerprint density at radius 2 is 1.69 bits per heavy atom. The molecule has 1 fully saturated rings. The van der Waals surface area contributed by atoms with E-state index in [0.717, 1.165) is 24.9 Å². The molecule has 0 aliphatic carbocycles. The maximum absolute atomic E-state index is 13.5. The number of likely N-dealkylation sites (tertiary alicyclic amines) is 1. The number of rotatable bonds is 8. The first-order valence-electron chi connectivity index (χ1n) is 11.2. The summed E-state index contributed by atoms with van der Waals surface area (Å²) in [6.45, 7) is 3.44. The van der Waals surface area contributed by atoms with Gasteiger partial charge in [-0.3, -0.25) is 14.5 Å². The van der Waals surface area contributed by atoms with Crippen molar-refractivity contribution >= 4 is 63.7 Å². The number of Topliss-reactive ketones (excluding diaryl/α,β-unsaturated/α-hetero) is 1. The molecule has 1 saturated heterocycles. The van der Waals surface area contributed by atoms with Crippen molar-refractivity contribution in [2.45, 2.75) is 31.8 Å². The first kappa shape index (κ1) is 26.0. The van der Waals surface area contributed by atoms with Crippen molar-refractivity contribution < 1.29 is 9.59 Å². The van der Waals surface area contributed by atoms with Crippen LogP contribution in [0.4, 0.5) is 5.69 Å². The molecular weight excluding hydrogens is 526 g/mol. The van der Waals surface area contributed by atoms with E-state index in [1.807, 2.05) is 19.1 Å². The van der Waals surface area contributed by atoms with Crippen LogP contribution in [0.25, 0.3) is 0 Å². The maximum Gasteiger partial charge on any atom is 0.196 e. The van der Waals surface area contributed by atoms with E-state index in [4.69, 9.17) is 46.4 Å². The molecule has 0 saturated carbocycles. The fraction of sp³-hybridized carbons (Fsp3) is 0.259. The fourth-order valence-corrected chi connectivity index (χ4v) is 5.18. The summed E-state index contributed by atoms with van der Waals surface area (Å²) in [5.41, 5.74) is 1.63. The average molecular weight is 550 g/mol. The van der Waals surface area contributed by atoms with E-state index in [1.54, 1.807) is 48.5 Å². The third-order valence-electron chi connectivity index (χ3n) is 6.53. The Kier molecular flexibility index (Phi) is 8.09. The lowest BCUT2D eigenvalue weighted by atomic mass is 9.92. The number of hydrogen-bond acceptors (Lipinski definition) is 4. The van der Waals surface area contributed by atoms with E-state index < -0.39 is 5.54 Å². The lowest BCUT2D eigenvalue weighted by Gasteiger charge is -2.34. The number of hydrogen-bond donors (Lipinski definition) is 1. The van der Waals surface area contributed by atoms with Gasteiger partial charge in [0.15, 0.2) is 11.6 Å². The molecule has 1 heterocycles. The molecule has 0 unspecified atom stereocenters. The van der Waals surface area contributed by atoms with E-state index in [9.17, 15) is 9.59 Å². The van der Waals surface area contributed by atoms with E-state index in [2.05, 4.69) is 10.2 Å². The second-order valence-corrected chi connectivity index (χ2v) is 10.5. The van der Waals surface area contributed by atoms with Crippen LogP contribution in [0.1, 0.15) is 41.3 Å².